The standard InChI is InChI=1S/C17H25N3O2S/c21-16(14-1-9-22-12-14)20-7-3-17(4-8-20)2-6-19(13-17)11-15-18-5-10-23-15/h5,10,14H,1-4,6-9,11-13H2/t14-/m0/s1. The van der Waals surface area contributed by atoms with E-state index in [9.17, 15) is 4.79 Å². The normalized spacial score (nSPS) is 27.8. The molecule has 0 saturated carbocycles. The molecule has 23 heavy (non-hydrogen) atoms. The summed E-state index contributed by atoms with van der Waals surface area (Å²) in [6, 6.07) is 0. The van der Waals surface area contributed by atoms with Crippen molar-refractivity contribution in [1.82, 2.24) is 14.8 Å². The van der Waals surface area contributed by atoms with E-state index in [4.69, 9.17) is 4.74 Å². The molecule has 0 unspecified atom stereocenters. The molecule has 5 nitrogen and oxygen atoms in total. The van der Waals surface area contributed by atoms with Crippen molar-refractivity contribution in [3.8, 4) is 0 Å². The molecule has 0 aromatic carbocycles. The third-order valence-corrected chi connectivity index (χ3v) is 6.54. The van der Waals surface area contributed by atoms with Crippen molar-refractivity contribution in [3.05, 3.63) is 16.6 Å². The van der Waals surface area contributed by atoms with Crippen LogP contribution in [0.4, 0.5) is 0 Å². The number of carbonyl (C=O) groups is 1. The second kappa shape index (κ2) is 6.49. The second-order valence-corrected chi connectivity index (χ2v) is 8.25. The summed E-state index contributed by atoms with van der Waals surface area (Å²) in [5.41, 5.74) is 0.431. The van der Waals surface area contributed by atoms with Crippen molar-refractivity contribution in [2.75, 3.05) is 39.4 Å². The van der Waals surface area contributed by atoms with E-state index < -0.39 is 0 Å². The molecule has 126 valence electrons. The van der Waals surface area contributed by atoms with Crippen LogP contribution < -0.4 is 0 Å². The van der Waals surface area contributed by atoms with Crippen LogP contribution in [0.2, 0.25) is 0 Å². The Labute approximate surface area is 141 Å². The van der Waals surface area contributed by atoms with E-state index in [1.165, 1.54) is 24.5 Å². The molecule has 0 bridgehead atoms. The van der Waals surface area contributed by atoms with Gasteiger partial charge in [-0.25, -0.2) is 4.98 Å². The fourth-order valence-corrected chi connectivity index (χ4v) is 4.94. The van der Waals surface area contributed by atoms with Gasteiger partial charge in [0.1, 0.15) is 5.01 Å². The number of rotatable bonds is 3. The van der Waals surface area contributed by atoms with Crippen molar-refractivity contribution >= 4 is 17.2 Å². The maximum atomic E-state index is 12.5. The van der Waals surface area contributed by atoms with E-state index in [1.807, 2.05) is 6.20 Å². The number of hydrogen-bond donors (Lipinski definition) is 0. The topological polar surface area (TPSA) is 45.7 Å². The summed E-state index contributed by atoms with van der Waals surface area (Å²) in [6.45, 7) is 6.56. The van der Waals surface area contributed by atoms with E-state index in [1.54, 1.807) is 11.3 Å². The molecule has 0 N–H and O–H groups in total. The number of piperidine rings is 1. The summed E-state index contributed by atoms with van der Waals surface area (Å²) >= 11 is 1.75. The zero-order valence-electron chi connectivity index (χ0n) is 13.6. The van der Waals surface area contributed by atoms with E-state index in [0.29, 0.717) is 17.9 Å². The van der Waals surface area contributed by atoms with Gasteiger partial charge in [-0.3, -0.25) is 9.69 Å². The van der Waals surface area contributed by atoms with Crippen LogP contribution in [0.15, 0.2) is 11.6 Å². The van der Waals surface area contributed by atoms with Gasteiger partial charge in [-0.05, 0) is 37.6 Å². The minimum absolute atomic E-state index is 0.119. The molecule has 1 spiro atoms. The van der Waals surface area contributed by atoms with Crippen molar-refractivity contribution in [1.29, 1.82) is 0 Å². The molecular formula is C17H25N3O2S. The molecule has 1 amide bonds. The van der Waals surface area contributed by atoms with Gasteiger partial charge >= 0.3 is 0 Å². The van der Waals surface area contributed by atoms with Crippen LogP contribution in [0.25, 0.3) is 0 Å². The molecule has 0 radical (unpaired) electrons. The SMILES string of the molecule is O=C([C@H]1CCOC1)N1CCC2(CCN(Cc3nccs3)C2)CC1. The molecule has 3 aliphatic rings. The Balaban J connectivity index is 1.30. The van der Waals surface area contributed by atoms with Gasteiger partial charge in [-0.2, -0.15) is 0 Å². The lowest BCUT2D eigenvalue weighted by molar-refractivity contribution is -0.137. The number of ether oxygens (including phenoxy) is 1. The van der Waals surface area contributed by atoms with Gasteiger partial charge in [0.05, 0.1) is 19.1 Å². The Morgan fingerprint density at radius 3 is 2.87 bits per heavy atom. The van der Waals surface area contributed by atoms with E-state index in [2.05, 4.69) is 20.2 Å². The Hall–Kier alpha value is -0.980. The fraction of sp³-hybridized carbons (Fsp3) is 0.765. The van der Waals surface area contributed by atoms with Crippen molar-refractivity contribution in [3.63, 3.8) is 0 Å². The molecule has 3 fully saturated rings. The van der Waals surface area contributed by atoms with Crippen LogP contribution in [-0.2, 0) is 16.1 Å². The third kappa shape index (κ3) is 3.30. The monoisotopic (exact) mass is 335 g/mol. The average molecular weight is 335 g/mol. The number of aromatic nitrogens is 1. The maximum Gasteiger partial charge on any atom is 0.228 e. The van der Waals surface area contributed by atoms with Gasteiger partial charge < -0.3 is 9.64 Å². The smallest absolute Gasteiger partial charge is 0.228 e. The van der Waals surface area contributed by atoms with Gasteiger partial charge in [0.15, 0.2) is 0 Å². The zero-order chi connectivity index (χ0) is 15.7. The zero-order valence-corrected chi connectivity index (χ0v) is 14.4. The highest BCUT2D eigenvalue weighted by atomic mass is 32.1. The van der Waals surface area contributed by atoms with E-state index in [-0.39, 0.29) is 5.92 Å². The van der Waals surface area contributed by atoms with Crippen LogP contribution >= 0.6 is 11.3 Å². The molecule has 0 aliphatic carbocycles. The van der Waals surface area contributed by atoms with Gasteiger partial charge in [0, 0.05) is 37.8 Å². The summed E-state index contributed by atoms with van der Waals surface area (Å²) in [6.07, 6.45) is 6.37. The summed E-state index contributed by atoms with van der Waals surface area (Å²) in [5, 5.41) is 3.27. The van der Waals surface area contributed by atoms with Crippen LogP contribution in [0.5, 0.6) is 0 Å². The molecule has 1 atom stereocenters. The molecule has 1 aromatic heterocycles. The second-order valence-electron chi connectivity index (χ2n) is 7.27. The summed E-state index contributed by atoms with van der Waals surface area (Å²) in [5.74, 6) is 0.448. The largest absolute Gasteiger partial charge is 0.381 e. The Morgan fingerprint density at radius 2 is 2.17 bits per heavy atom. The number of amides is 1. The lowest BCUT2D eigenvalue weighted by Crippen LogP contribution is -2.46. The fourth-order valence-electron chi connectivity index (χ4n) is 4.28. The number of likely N-dealkylation sites (tertiary alicyclic amines) is 2. The lowest BCUT2D eigenvalue weighted by Gasteiger charge is -2.40. The maximum absolute atomic E-state index is 12.5. The first-order valence-electron chi connectivity index (χ1n) is 8.71. The minimum atomic E-state index is 0.119. The van der Waals surface area contributed by atoms with Crippen molar-refractivity contribution in [2.45, 2.75) is 32.2 Å². The Morgan fingerprint density at radius 1 is 1.35 bits per heavy atom. The van der Waals surface area contributed by atoms with Gasteiger partial charge in [0.2, 0.25) is 5.91 Å². The molecule has 6 heteroatoms. The first kappa shape index (κ1) is 15.5. The summed E-state index contributed by atoms with van der Waals surface area (Å²) in [4.78, 5) is 21.5. The molecule has 3 aliphatic heterocycles. The minimum Gasteiger partial charge on any atom is -0.381 e. The Kier molecular flexibility index (Phi) is 4.39. The highest BCUT2D eigenvalue weighted by molar-refractivity contribution is 7.09. The molecule has 1 aromatic rings. The first-order valence-corrected chi connectivity index (χ1v) is 9.59. The molecular weight excluding hydrogens is 310 g/mol. The van der Waals surface area contributed by atoms with E-state index in [0.717, 1.165) is 45.5 Å². The predicted molar refractivity (Wildman–Crippen MR) is 89.2 cm³/mol. The highest BCUT2D eigenvalue weighted by Gasteiger charge is 2.42. The molecule has 3 saturated heterocycles. The van der Waals surface area contributed by atoms with Crippen LogP contribution in [0.1, 0.15) is 30.7 Å². The third-order valence-electron chi connectivity index (χ3n) is 5.77. The number of hydrogen-bond acceptors (Lipinski definition) is 5. The average Bonchev–Trinajstić information content (AvgIpc) is 3.31. The van der Waals surface area contributed by atoms with Crippen LogP contribution in [0, 0.1) is 11.3 Å². The quantitative estimate of drug-likeness (QED) is 0.847. The number of thiazole rings is 1. The number of carbonyl (C=O) groups excluding carboxylic acids is 1. The highest BCUT2D eigenvalue weighted by Crippen LogP contribution is 2.41. The molecule has 4 rings (SSSR count). The Bertz CT molecular complexity index is 534. The molecule has 4 heterocycles. The summed E-state index contributed by atoms with van der Waals surface area (Å²) in [7, 11) is 0. The van der Waals surface area contributed by atoms with Crippen molar-refractivity contribution < 1.29 is 9.53 Å². The number of nitrogens with zero attached hydrogens (tertiary/aromatic N) is 3. The van der Waals surface area contributed by atoms with Crippen LogP contribution in [-0.4, -0.2) is 60.1 Å². The first-order chi connectivity index (χ1) is 11.2. The van der Waals surface area contributed by atoms with Gasteiger partial charge in [-0.15, -0.1) is 11.3 Å². The lowest BCUT2D eigenvalue weighted by atomic mass is 9.77. The van der Waals surface area contributed by atoms with Crippen LogP contribution in [0.3, 0.4) is 0 Å². The summed E-state index contributed by atoms with van der Waals surface area (Å²) < 4.78 is 5.37. The van der Waals surface area contributed by atoms with Gasteiger partial charge in [0.25, 0.3) is 0 Å². The van der Waals surface area contributed by atoms with E-state index >= 15 is 0 Å². The van der Waals surface area contributed by atoms with Gasteiger partial charge in [-0.1, -0.05) is 0 Å². The predicted octanol–water partition coefficient (Wildman–Crippen LogP) is 1.99. The van der Waals surface area contributed by atoms with Crippen molar-refractivity contribution in [2.24, 2.45) is 11.3 Å².